The molecule has 0 aromatic heterocycles. The Morgan fingerprint density at radius 3 is 2.19 bits per heavy atom. The van der Waals surface area contributed by atoms with Gasteiger partial charge in [0, 0.05) is 30.6 Å². The van der Waals surface area contributed by atoms with Crippen molar-refractivity contribution in [3.05, 3.63) is 134 Å². The predicted octanol–water partition coefficient (Wildman–Crippen LogP) is 9.02. The number of benzene rings is 4. The van der Waals surface area contributed by atoms with E-state index in [1.165, 1.54) is 39.7 Å². The fraction of sp³-hybridized carbons (Fsp3) is 0.231. The molecule has 0 radical (unpaired) electrons. The Balaban J connectivity index is 1.26. The zero-order valence-corrected chi connectivity index (χ0v) is 29.2. The van der Waals surface area contributed by atoms with Crippen LogP contribution in [0.3, 0.4) is 0 Å². The maximum Gasteiger partial charge on any atom is 0.264 e. The molecule has 1 saturated heterocycles. The summed E-state index contributed by atoms with van der Waals surface area (Å²) in [7, 11) is 0. The van der Waals surface area contributed by atoms with Crippen molar-refractivity contribution in [1.29, 1.82) is 0 Å². The molecule has 1 fully saturated rings. The smallest absolute Gasteiger partial charge is 0.264 e. The van der Waals surface area contributed by atoms with Gasteiger partial charge in [-0.05, 0) is 112 Å². The first-order valence-corrected chi connectivity index (χ1v) is 17.9. The van der Waals surface area contributed by atoms with E-state index in [0.717, 1.165) is 40.8 Å². The lowest BCUT2D eigenvalue weighted by atomic mass is 9.76. The number of hydrogen-bond donors (Lipinski definition) is 1. The van der Waals surface area contributed by atoms with Crippen LogP contribution in [0.25, 0.3) is 6.08 Å². The highest BCUT2D eigenvalue weighted by atomic mass is 127. The lowest BCUT2D eigenvalue weighted by Gasteiger charge is -2.43. The van der Waals surface area contributed by atoms with E-state index in [1.807, 2.05) is 25.1 Å². The van der Waals surface area contributed by atoms with E-state index in [1.54, 1.807) is 6.08 Å². The third kappa shape index (κ3) is 6.58. The molecule has 47 heavy (non-hydrogen) atoms. The van der Waals surface area contributed by atoms with Gasteiger partial charge in [-0.2, -0.15) is 0 Å². The van der Waals surface area contributed by atoms with Gasteiger partial charge < -0.3 is 19.7 Å². The van der Waals surface area contributed by atoms with Crippen LogP contribution in [0, 0.1) is 3.57 Å². The molecule has 4 aromatic carbocycles. The van der Waals surface area contributed by atoms with Crippen LogP contribution in [0.2, 0.25) is 0 Å². The molecular formula is C39H36IN3O3S. The van der Waals surface area contributed by atoms with Crippen LogP contribution < -0.4 is 19.7 Å². The molecule has 1 N–H and O–H groups in total. The van der Waals surface area contributed by atoms with Crippen molar-refractivity contribution in [2.45, 2.75) is 31.6 Å². The van der Waals surface area contributed by atoms with Gasteiger partial charge >= 0.3 is 0 Å². The first-order chi connectivity index (χ1) is 23.0. The SMILES string of the molecule is C=CCOc1c(I)cc(/C=C2\SC(=Nc3cc4c5c(c3)[C@H](c3ccccc3)CCN5CC[C@@H]4c3ccccc3)NC2=O)cc1OCC. The normalized spacial score (nSPS) is 20.2. The number of rotatable bonds is 9. The average Bonchev–Trinajstić information content (AvgIpc) is 3.43. The number of amidine groups is 1. The molecule has 0 spiro atoms. The fourth-order valence-corrected chi connectivity index (χ4v) is 8.49. The highest BCUT2D eigenvalue weighted by molar-refractivity contribution is 14.1. The van der Waals surface area contributed by atoms with Gasteiger partial charge in [0.1, 0.15) is 6.61 Å². The number of hydrogen-bond acceptors (Lipinski definition) is 6. The highest BCUT2D eigenvalue weighted by Crippen LogP contribution is 2.50. The quantitative estimate of drug-likeness (QED) is 0.105. The number of nitrogens with zero attached hydrogens (tertiary/aromatic N) is 2. The second-order valence-electron chi connectivity index (χ2n) is 11.8. The Bertz CT molecular complexity index is 1800. The molecule has 3 aliphatic heterocycles. The number of halogens is 1. The molecule has 0 unspecified atom stereocenters. The third-order valence-electron chi connectivity index (χ3n) is 8.86. The van der Waals surface area contributed by atoms with Gasteiger partial charge in [0.25, 0.3) is 5.91 Å². The summed E-state index contributed by atoms with van der Waals surface area (Å²) < 4.78 is 12.6. The van der Waals surface area contributed by atoms with E-state index in [4.69, 9.17) is 14.5 Å². The van der Waals surface area contributed by atoms with Crippen molar-refractivity contribution in [2.24, 2.45) is 4.99 Å². The van der Waals surface area contributed by atoms with E-state index in [9.17, 15) is 4.79 Å². The summed E-state index contributed by atoms with van der Waals surface area (Å²) >= 11 is 3.60. The van der Waals surface area contributed by atoms with Crippen LogP contribution in [0.4, 0.5) is 11.4 Å². The van der Waals surface area contributed by atoms with E-state index in [2.05, 4.69) is 112 Å². The second kappa shape index (κ2) is 14.0. The van der Waals surface area contributed by atoms with Gasteiger partial charge in [0.05, 0.1) is 20.8 Å². The summed E-state index contributed by atoms with van der Waals surface area (Å²) in [5, 5.41) is 3.60. The van der Waals surface area contributed by atoms with Gasteiger partial charge in [-0.25, -0.2) is 4.99 Å². The Morgan fingerprint density at radius 2 is 1.60 bits per heavy atom. The van der Waals surface area contributed by atoms with Gasteiger partial charge in [-0.3, -0.25) is 4.79 Å². The number of ether oxygens (including phenoxy) is 2. The number of amides is 1. The summed E-state index contributed by atoms with van der Waals surface area (Å²) in [4.78, 5) is 21.4. The van der Waals surface area contributed by atoms with Crippen molar-refractivity contribution in [1.82, 2.24) is 5.32 Å². The summed E-state index contributed by atoms with van der Waals surface area (Å²) in [5.41, 5.74) is 8.39. The van der Waals surface area contributed by atoms with Crippen LogP contribution in [-0.2, 0) is 4.79 Å². The predicted molar refractivity (Wildman–Crippen MR) is 201 cm³/mol. The molecule has 238 valence electrons. The highest BCUT2D eigenvalue weighted by Gasteiger charge is 2.35. The Morgan fingerprint density at radius 1 is 0.957 bits per heavy atom. The van der Waals surface area contributed by atoms with Crippen molar-refractivity contribution < 1.29 is 14.3 Å². The van der Waals surface area contributed by atoms with E-state index >= 15 is 0 Å². The maximum absolute atomic E-state index is 13.2. The Labute approximate surface area is 294 Å². The first-order valence-electron chi connectivity index (χ1n) is 16.0. The lowest BCUT2D eigenvalue weighted by molar-refractivity contribution is -0.115. The van der Waals surface area contributed by atoms with Gasteiger partial charge in [0.2, 0.25) is 0 Å². The summed E-state index contributed by atoms with van der Waals surface area (Å²) in [6.45, 7) is 8.66. The number of carbonyl (C=O) groups excluding carboxylic acids is 1. The Hall–Kier alpha value is -4.02. The van der Waals surface area contributed by atoms with Crippen LogP contribution in [0.15, 0.2) is 107 Å². The summed E-state index contributed by atoms with van der Waals surface area (Å²) in [5.74, 6) is 1.74. The Kier molecular flexibility index (Phi) is 9.40. The molecule has 0 aliphatic carbocycles. The van der Waals surface area contributed by atoms with Crippen LogP contribution >= 0.6 is 34.4 Å². The first kappa shape index (κ1) is 31.6. The summed E-state index contributed by atoms with van der Waals surface area (Å²) in [6.07, 6.45) is 5.71. The number of carbonyl (C=O) groups is 1. The van der Waals surface area contributed by atoms with E-state index < -0.39 is 0 Å². The molecule has 2 atom stereocenters. The fourth-order valence-electron chi connectivity index (χ4n) is 6.87. The van der Waals surface area contributed by atoms with E-state index in [-0.39, 0.29) is 17.7 Å². The lowest BCUT2D eigenvalue weighted by Crippen LogP contribution is -2.37. The third-order valence-corrected chi connectivity index (χ3v) is 10.6. The number of thioether (sulfide) groups is 1. The van der Waals surface area contributed by atoms with Crippen LogP contribution in [0.5, 0.6) is 11.5 Å². The van der Waals surface area contributed by atoms with Crippen molar-refractivity contribution in [2.75, 3.05) is 31.2 Å². The maximum atomic E-state index is 13.2. The molecule has 3 aliphatic rings. The molecule has 0 saturated carbocycles. The number of nitrogens with one attached hydrogen (secondary N) is 1. The van der Waals surface area contributed by atoms with Crippen molar-refractivity contribution in [3.8, 4) is 11.5 Å². The van der Waals surface area contributed by atoms with Gasteiger partial charge in [0.15, 0.2) is 16.7 Å². The van der Waals surface area contributed by atoms with Gasteiger partial charge in [-0.1, -0.05) is 73.3 Å². The minimum atomic E-state index is -0.163. The second-order valence-corrected chi connectivity index (χ2v) is 14.0. The van der Waals surface area contributed by atoms with Crippen molar-refractivity contribution in [3.63, 3.8) is 0 Å². The van der Waals surface area contributed by atoms with E-state index in [0.29, 0.717) is 34.8 Å². The topological polar surface area (TPSA) is 63.2 Å². The number of anilines is 1. The molecule has 6 nitrogen and oxygen atoms in total. The minimum absolute atomic E-state index is 0.163. The molecule has 3 heterocycles. The molecule has 1 amide bonds. The molecule has 0 bridgehead atoms. The molecule has 4 aromatic rings. The zero-order valence-electron chi connectivity index (χ0n) is 26.2. The zero-order chi connectivity index (χ0) is 32.3. The average molecular weight is 754 g/mol. The molecule has 7 rings (SSSR count). The van der Waals surface area contributed by atoms with Gasteiger partial charge in [-0.15, -0.1) is 0 Å². The summed E-state index contributed by atoms with van der Waals surface area (Å²) in [6, 6.07) is 30.0. The van der Waals surface area contributed by atoms with Crippen LogP contribution in [-0.4, -0.2) is 37.4 Å². The van der Waals surface area contributed by atoms with Crippen LogP contribution in [0.1, 0.15) is 59.4 Å². The molecular weight excluding hydrogens is 717 g/mol. The standard InChI is InChI=1S/C39H36IN3O3S/c1-3-19-46-37-33(40)20-25(21-34(37)45-4-2)22-35-38(44)42-39(47-35)41-28-23-31-29(26-11-7-5-8-12-26)15-17-43-18-16-30(32(24-28)36(31)43)27-13-9-6-10-14-27/h3,5-14,20-24,29-30H,1,4,15-19H2,2H3,(H,41,42,44)/b35-22-/t29-,30+. The van der Waals surface area contributed by atoms with Crippen molar-refractivity contribution >= 4 is 62.9 Å². The minimum Gasteiger partial charge on any atom is -0.490 e. The number of aliphatic imine (C=N–C) groups is 1. The largest absolute Gasteiger partial charge is 0.490 e. The monoisotopic (exact) mass is 753 g/mol. The molecule has 8 heteroatoms.